The maximum Gasteiger partial charge on any atom is 0.234 e. The Bertz CT molecular complexity index is 1240. The number of aromatic amines is 1. The van der Waals surface area contributed by atoms with E-state index >= 15 is 0 Å². The fraction of sp³-hybridized carbons (Fsp3) is 0.0870. The molecule has 3 aromatic carbocycles. The molecule has 1 heterocycles. The molecule has 4 rings (SSSR count). The number of aromatic nitrogens is 2. The summed E-state index contributed by atoms with van der Waals surface area (Å²) in [6, 6.07) is 20.3. The van der Waals surface area contributed by atoms with Gasteiger partial charge in [-0.25, -0.2) is 4.98 Å². The highest BCUT2D eigenvalue weighted by molar-refractivity contribution is 9.10. The zero-order valence-electron chi connectivity index (χ0n) is 16.1. The molecular weight excluding hydrogens is 462 g/mol. The zero-order valence-corrected chi connectivity index (χ0v) is 18.5. The number of ketones is 1. The molecule has 0 aliphatic heterocycles. The maximum absolute atomic E-state index is 12.6. The van der Waals surface area contributed by atoms with Gasteiger partial charge in [0.2, 0.25) is 5.91 Å². The van der Waals surface area contributed by atoms with Crippen LogP contribution < -0.4 is 5.32 Å². The summed E-state index contributed by atoms with van der Waals surface area (Å²) >= 11 is 4.78. The number of carbonyl (C=O) groups is 2. The van der Waals surface area contributed by atoms with Crippen LogP contribution in [0.5, 0.6) is 0 Å². The molecular formula is C23H18BrN3O2S. The second kappa shape index (κ2) is 8.85. The first kappa shape index (κ1) is 20.4. The van der Waals surface area contributed by atoms with Gasteiger partial charge < -0.3 is 10.3 Å². The average Bonchev–Trinajstić information content (AvgIpc) is 3.16. The van der Waals surface area contributed by atoms with Crippen molar-refractivity contribution in [2.75, 3.05) is 11.1 Å². The van der Waals surface area contributed by atoms with Crippen molar-refractivity contribution in [1.82, 2.24) is 9.97 Å². The molecule has 0 spiro atoms. The van der Waals surface area contributed by atoms with Gasteiger partial charge in [-0.2, -0.15) is 0 Å². The summed E-state index contributed by atoms with van der Waals surface area (Å²) in [5, 5.41) is 3.52. The third-order valence-electron chi connectivity index (χ3n) is 4.50. The number of amides is 1. The fourth-order valence-electron chi connectivity index (χ4n) is 2.99. The van der Waals surface area contributed by atoms with Crippen molar-refractivity contribution in [3.8, 4) is 0 Å². The molecule has 0 aliphatic carbocycles. The van der Waals surface area contributed by atoms with E-state index in [0.29, 0.717) is 16.3 Å². The number of nitrogens with zero attached hydrogens (tertiary/aromatic N) is 1. The standard InChI is InChI=1S/C23H18BrN3O2S/c1-14-7-9-18(17(24)11-14)25-21(28)13-30-23-26-19-10-8-16(12-20(19)27-23)22(29)15-5-3-2-4-6-15/h2-12H,13H2,1H3,(H,25,28)(H,26,27). The Morgan fingerprint density at radius 1 is 1.03 bits per heavy atom. The zero-order chi connectivity index (χ0) is 21.1. The lowest BCUT2D eigenvalue weighted by Crippen LogP contribution is -2.14. The lowest BCUT2D eigenvalue weighted by Gasteiger charge is -2.07. The van der Waals surface area contributed by atoms with Gasteiger partial charge in [0.1, 0.15) is 0 Å². The lowest BCUT2D eigenvalue weighted by molar-refractivity contribution is -0.113. The van der Waals surface area contributed by atoms with Crippen LogP contribution in [-0.2, 0) is 4.79 Å². The number of rotatable bonds is 6. The molecule has 7 heteroatoms. The van der Waals surface area contributed by atoms with Crippen LogP contribution in [0.15, 0.2) is 76.4 Å². The van der Waals surface area contributed by atoms with Gasteiger partial charge in [-0.3, -0.25) is 9.59 Å². The quantitative estimate of drug-likeness (QED) is 0.279. The number of benzene rings is 3. The molecule has 0 bridgehead atoms. The Labute approximate surface area is 186 Å². The van der Waals surface area contributed by atoms with E-state index in [0.717, 1.165) is 26.8 Å². The number of H-pyrrole nitrogens is 1. The largest absolute Gasteiger partial charge is 0.333 e. The smallest absolute Gasteiger partial charge is 0.234 e. The average molecular weight is 480 g/mol. The van der Waals surface area contributed by atoms with Gasteiger partial charge >= 0.3 is 0 Å². The Kier molecular flexibility index (Phi) is 6.01. The summed E-state index contributed by atoms with van der Waals surface area (Å²) in [7, 11) is 0. The number of nitrogens with one attached hydrogen (secondary N) is 2. The predicted molar refractivity (Wildman–Crippen MR) is 124 cm³/mol. The molecule has 0 radical (unpaired) electrons. The van der Waals surface area contributed by atoms with Crippen LogP contribution in [0.3, 0.4) is 0 Å². The van der Waals surface area contributed by atoms with E-state index in [1.165, 1.54) is 11.8 Å². The molecule has 150 valence electrons. The van der Waals surface area contributed by atoms with Gasteiger partial charge in [0.05, 0.1) is 22.5 Å². The SMILES string of the molecule is Cc1ccc(NC(=O)CSc2nc3ccc(C(=O)c4ccccc4)cc3[nH]2)c(Br)c1. The number of imidazole rings is 1. The molecule has 1 aromatic heterocycles. The van der Waals surface area contributed by atoms with E-state index in [4.69, 9.17) is 0 Å². The lowest BCUT2D eigenvalue weighted by atomic mass is 10.0. The first-order valence-electron chi connectivity index (χ1n) is 9.28. The summed E-state index contributed by atoms with van der Waals surface area (Å²) in [6.07, 6.45) is 0. The third-order valence-corrected chi connectivity index (χ3v) is 6.03. The summed E-state index contributed by atoms with van der Waals surface area (Å²) in [5.74, 6) is 0.0601. The minimum Gasteiger partial charge on any atom is -0.333 e. The fourth-order valence-corrected chi connectivity index (χ4v) is 4.27. The molecule has 0 saturated heterocycles. The van der Waals surface area contributed by atoms with Crippen molar-refractivity contribution >= 4 is 56.1 Å². The van der Waals surface area contributed by atoms with E-state index in [1.807, 2.05) is 49.4 Å². The minimum absolute atomic E-state index is 0.0376. The van der Waals surface area contributed by atoms with Crippen molar-refractivity contribution in [3.63, 3.8) is 0 Å². The number of fused-ring (bicyclic) bond motifs is 1. The summed E-state index contributed by atoms with van der Waals surface area (Å²) in [5.41, 5.74) is 4.60. The van der Waals surface area contributed by atoms with Crippen LogP contribution >= 0.6 is 27.7 Å². The normalized spacial score (nSPS) is 10.9. The molecule has 0 unspecified atom stereocenters. The molecule has 4 aromatic rings. The Hall–Kier alpha value is -2.90. The maximum atomic E-state index is 12.6. The Morgan fingerprint density at radius 2 is 1.83 bits per heavy atom. The number of anilines is 1. The molecule has 1 amide bonds. The molecule has 2 N–H and O–H groups in total. The second-order valence-corrected chi connectivity index (χ2v) is 8.61. The van der Waals surface area contributed by atoms with Crippen LogP contribution in [0.4, 0.5) is 5.69 Å². The number of hydrogen-bond acceptors (Lipinski definition) is 4. The minimum atomic E-state index is -0.120. The Morgan fingerprint density at radius 3 is 2.60 bits per heavy atom. The van der Waals surface area contributed by atoms with Crippen molar-refractivity contribution in [3.05, 3.63) is 87.9 Å². The van der Waals surface area contributed by atoms with Crippen LogP contribution in [0, 0.1) is 6.92 Å². The van der Waals surface area contributed by atoms with E-state index < -0.39 is 0 Å². The number of halogens is 1. The van der Waals surface area contributed by atoms with Gasteiger partial charge in [0.25, 0.3) is 0 Å². The molecule has 0 aliphatic rings. The van der Waals surface area contributed by atoms with Gasteiger partial charge in [0, 0.05) is 15.6 Å². The van der Waals surface area contributed by atoms with Crippen molar-refractivity contribution in [2.45, 2.75) is 12.1 Å². The van der Waals surface area contributed by atoms with E-state index in [2.05, 4.69) is 31.2 Å². The summed E-state index contributed by atoms with van der Waals surface area (Å²) in [4.78, 5) is 32.6. The van der Waals surface area contributed by atoms with E-state index in [9.17, 15) is 9.59 Å². The van der Waals surface area contributed by atoms with Crippen LogP contribution in [0.1, 0.15) is 21.5 Å². The van der Waals surface area contributed by atoms with Crippen LogP contribution in [0.2, 0.25) is 0 Å². The van der Waals surface area contributed by atoms with Gasteiger partial charge in [-0.15, -0.1) is 0 Å². The second-order valence-electron chi connectivity index (χ2n) is 6.79. The summed E-state index contributed by atoms with van der Waals surface area (Å²) < 4.78 is 0.847. The first-order chi connectivity index (χ1) is 14.5. The molecule has 0 atom stereocenters. The number of carbonyl (C=O) groups excluding carboxylic acids is 2. The van der Waals surface area contributed by atoms with Gasteiger partial charge in [-0.1, -0.05) is 48.2 Å². The van der Waals surface area contributed by atoms with Gasteiger partial charge in [0.15, 0.2) is 10.9 Å². The monoisotopic (exact) mass is 479 g/mol. The molecule has 0 fully saturated rings. The molecule has 0 saturated carbocycles. The summed E-state index contributed by atoms with van der Waals surface area (Å²) in [6.45, 7) is 1.99. The topological polar surface area (TPSA) is 74.8 Å². The molecule has 5 nitrogen and oxygen atoms in total. The predicted octanol–water partition coefficient (Wildman–Crippen LogP) is 5.60. The highest BCUT2D eigenvalue weighted by atomic mass is 79.9. The van der Waals surface area contributed by atoms with Crippen LogP contribution in [0.25, 0.3) is 11.0 Å². The van der Waals surface area contributed by atoms with Crippen molar-refractivity contribution in [2.24, 2.45) is 0 Å². The highest BCUT2D eigenvalue weighted by Crippen LogP contribution is 2.25. The number of aryl methyl sites for hydroxylation is 1. The van der Waals surface area contributed by atoms with Crippen molar-refractivity contribution < 1.29 is 9.59 Å². The molecule has 30 heavy (non-hydrogen) atoms. The number of thioether (sulfide) groups is 1. The Balaban J connectivity index is 1.43. The van der Waals surface area contributed by atoms with E-state index in [1.54, 1.807) is 24.3 Å². The van der Waals surface area contributed by atoms with Crippen molar-refractivity contribution in [1.29, 1.82) is 0 Å². The highest BCUT2D eigenvalue weighted by Gasteiger charge is 2.12. The van der Waals surface area contributed by atoms with E-state index in [-0.39, 0.29) is 17.4 Å². The van der Waals surface area contributed by atoms with Gasteiger partial charge in [-0.05, 0) is 58.7 Å². The first-order valence-corrected chi connectivity index (χ1v) is 11.1. The third kappa shape index (κ3) is 4.63. The number of hydrogen-bond donors (Lipinski definition) is 2. The van der Waals surface area contributed by atoms with Crippen LogP contribution in [-0.4, -0.2) is 27.4 Å².